The quantitative estimate of drug-likeness (QED) is 0.324. The molecule has 0 radical (unpaired) electrons. The molecule has 174 valence electrons. The number of carbonyl (C=O) groups excluding carboxylic acids is 1. The number of para-hydroxylation sites is 1. The fourth-order valence-electron chi connectivity index (χ4n) is 4.58. The highest BCUT2D eigenvalue weighted by molar-refractivity contribution is 7.07. The normalized spacial score (nSPS) is 15.6. The van der Waals surface area contributed by atoms with Crippen molar-refractivity contribution in [1.29, 1.82) is 0 Å². The number of hydrogen-bond donors (Lipinski definition) is 0. The Morgan fingerprint density at radius 2 is 1.94 bits per heavy atom. The second kappa shape index (κ2) is 9.24. The van der Waals surface area contributed by atoms with Gasteiger partial charge in [0.15, 0.2) is 4.80 Å². The van der Waals surface area contributed by atoms with Gasteiger partial charge < -0.3 is 9.30 Å². The first-order valence-electron chi connectivity index (χ1n) is 11.3. The zero-order chi connectivity index (χ0) is 24.5. The van der Waals surface area contributed by atoms with Crippen molar-refractivity contribution in [3.8, 4) is 12.3 Å². The van der Waals surface area contributed by atoms with Gasteiger partial charge in [-0.1, -0.05) is 72.7 Å². The first kappa shape index (κ1) is 22.6. The molecule has 2 aromatic heterocycles. The molecule has 6 nitrogen and oxygen atoms in total. The standard InChI is InChI=1S/C28H23N3O3S/c1-4-15-30-17-19(20-13-9-10-14-22(20)30)16-23-26(32)31-25(18-11-7-6-8-12-18)24(27(33)34-3)21(5-2)29-28(31)35-23/h1,6-14,16-17,25H,5,15H2,2-3H3/b23-16+/t25-/m0/s1. The molecule has 3 heterocycles. The summed E-state index contributed by atoms with van der Waals surface area (Å²) < 4.78 is 9.25. The number of nitrogens with zero attached hydrogens (tertiary/aromatic N) is 3. The Kier molecular flexibility index (Phi) is 5.98. The zero-order valence-electron chi connectivity index (χ0n) is 19.4. The van der Waals surface area contributed by atoms with E-state index in [0.717, 1.165) is 22.0 Å². The molecule has 0 saturated carbocycles. The molecule has 1 aliphatic heterocycles. The Morgan fingerprint density at radius 1 is 1.20 bits per heavy atom. The van der Waals surface area contributed by atoms with Crippen LogP contribution < -0.4 is 14.9 Å². The average Bonchev–Trinajstić information content (AvgIpc) is 3.40. The summed E-state index contributed by atoms with van der Waals surface area (Å²) in [5.41, 5.74) is 3.56. The number of aromatic nitrogens is 2. The fourth-order valence-corrected chi connectivity index (χ4v) is 5.59. The molecule has 5 rings (SSSR count). The molecule has 2 aromatic carbocycles. The van der Waals surface area contributed by atoms with E-state index in [0.29, 0.717) is 33.6 Å². The topological polar surface area (TPSA) is 65.6 Å². The summed E-state index contributed by atoms with van der Waals surface area (Å²) in [5, 5.41) is 1.01. The number of ether oxygens (including phenoxy) is 1. The van der Waals surface area contributed by atoms with Crippen molar-refractivity contribution in [1.82, 2.24) is 9.13 Å². The first-order valence-corrected chi connectivity index (χ1v) is 12.1. The molecule has 0 unspecified atom stereocenters. The number of allylic oxidation sites excluding steroid dienone is 1. The Balaban J connectivity index is 1.77. The van der Waals surface area contributed by atoms with Crippen molar-refractivity contribution >= 4 is 34.3 Å². The molecule has 0 N–H and O–H groups in total. The van der Waals surface area contributed by atoms with Crippen LogP contribution in [0.3, 0.4) is 0 Å². The van der Waals surface area contributed by atoms with Crippen LogP contribution in [0.1, 0.15) is 30.5 Å². The molecule has 0 saturated heterocycles. The summed E-state index contributed by atoms with van der Waals surface area (Å²) in [6.45, 7) is 2.38. The first-order chi connectivity index (χ1) is 17.1. The third-order valence-electron chi connectivity index (χ3n) is 6.13. The van der Waals surface area contributed by atoms with Gasteiger partial charge in [0, 0.05) is 22.7 Å². The minimum absolute atomic E-state index is 0.201. The van der Waals surface area contributed by atoms with Crippen LogP contribution in [-0.4, -0.2) is 22.2 Å². The lowest BCUT2D eigenvalue weighted by atomic mass is 9.95. The van der Waals surface area contributed by atoms with Gasteiger partial charge in [0.05, 0.1) is 35.5 Å². The van der Waals surface area contributed by atoms with E-state index in [1.165, 1.54) is 18.4 Å². The third-order valence-corrected chi connectivity index (χ3v) is 7.12. The van der Waals surface area contributed by atoms with Gasteiger partial charge in [-0.2, -0.15) is 0 Å². The predicted octanol–water partition coefficient (Wildman–Crippen LogP) is 3.39. The number of methoxy groups -OCH3 is 1. The molecular formula is C28H23N3O3S. The van der Waals surface area contributed by atoms with Gasteiger partial charge in [0.25, 0.3) is 5.56 Å². The number of hydrogen-bond acceptors (Lipinski definition) is 5. The minimum Gasteiger partial charge on any atom is -0.466 e. The fraction of sp³-hybridized carbons (Fsp3) is 0.179. The van der Waals surface area contributed by atoms with Crippen molar-refractivity contribution in [2.75, 3.05) is 7.11 Å². The van der Waals surface area contributed by atoms with Gasteiger partial charge in [0.1, 0.15) is 0 Å². The van der Waals surface area contributed by atoms with Gasteiger partial charge >= 0.3 is 5.97 Å². The molecule has 35 heavy (non-hydrogen) atoms. The van der Waals surface area contributed by atoms with Crippen molar-refractivity contribution in [3.63, 3.8) is 0 Å². The van der Waals surface area contributed by atoms with Crippen LogP contribution in [-0.2, 0) is 16.1 Å². The van der Waals surface area contributed by atoms with Gasteiger partial charge in [-0.25, -0.2) is 9.79 Å². The molecule has 0 amide bonds. The maximum Gasteiger partial charge on any atom is 0.338 e. The maximum atomic E-state index is 13.8. The number of esters is 1. The minimum atomic E-state index is -0.611. The van der Waals surface area contributed by atoms with E-state index in [9.17, 15) is 9.59 Å². The second-order valence-electron chi connectivity index (χ2n) is 8.13. The van der Waals surface area contributed by atoms with Gasteiger partial charge in [-0.3, -0.25) is 9.36 Å². The molecule has 0 spiro atoms. The van der Waals surface area contributed by atoms with E-state index in [2.05, 4.69) is 5.92 Å². The third kappa shape index (κ3) is 3.82. The van der Waals surface area contributed by atoms with Crippen LogP contribution in [0.15, 0.2) is 81.9 Å². The molecule has 0 fully saturated rings. The highest BCUT2D eigenvalue weighted by atomic mass is 32.1. The monoisotopic (exact) mass is 481 g/mol. The Labute approximate surface area is 206 Å². The molecule has 7 heteroatoms. The summed E-state index contributed by atoms with van der Waals surface area (Å²) in [6, 6.07) is 16.9. The zero-order valence-corrected chi connectivity index (χ0v) is 20.2. The predicted molar refractivity (Wildman–Crippen MR) is 138 cm³/mol. The SMILES string of the molecule is C#CCn1cc(/C=c2/sc3n(c2=O)[C@@H](c2ccccc2)C(C(=O)OC)=C(CC)N=3)c2ccccc21. The summed E-state index contributed by atoms with van der Waals surface area (Å²) in [5.74, 6) is 2.20. The van der Waals surface area contributed by atoms with Crippen LogP contribution in [0.25, 0.3) is 17.0 Å². The second-order valence-corrected chi connectivity index (χ2v) is 9.14. The van der Waals surface area contributed by atoms with Crippen molar-refractivity contribution < 1.29 is 9.53 Å². The van der Waals surface area contributed by atoms with E-state index >= 15 is 0 Å². The Morgan fingerprint density at radius 3 is 2.66 bits per heavy atom. The molecule has 1 aliphatic rings. The van der Waals surface area contributed by atoms with Gasteiger partial charge in [-0.05, 0) is 24.1 Å². The summed E-state index contributed by atoms with van der Waals surface area (Å²) >= 11 is 1.32. The van der Waals surface area contributed by atoms with Gasteiger partial charge in [0.2, 0.25) is 0 Å². The Bertz CT molecular complexity index is 1700. The number of rotatable bonds is 5. The van der Waals surface area contributed by atoms with E-state index in [-0.39, 0.29) is 5.56 Å². The number of fused-ring (bicyclic) bond motifs is 2. The van der Waals surface area contributed by atoms with Gasteiger partial charge in [-0.15, -0.1) is 6.42 Å². The Hall–Kier alpha value is -4.15. The molecule has 0 aliphatic carbocycles. The van der Waals surface area contributed by atoms with Crippen LogP contribution in [0, 0.1) is 12.3 Å². The highest BCUT2D eigenvalue weighted by Crippen LogP contribution is 2.31. The number of carbonyl (C=O) groups is 1. The maximum absolute atomic E-state index is 13.8. The van der Waals surface area contributed by atoms with E-state index in [4.69, 9.17) is 16.2 Å². The van der Waals surface area contributed by atoms with Crippen LogP contribution >= 0.6 is 11.3 Å². The lowest BCUT2D eigenvalue weighted by Gasteiger charge is -2.25. The van der Waals surface area contributed by atoms with Crippen LogP contribution in [0.4, 0.5) is 0 Å². The molecular weight excluding hydrogens is 458 g/mol. The lowest BCUT2D eigenvalue weighted by molar-refractivity contribution is -0.136. The van der Waals surface area contributed by atoms with E-state index < -0.39 is 12.0 Å². The summed E-state index contributed by atoms with van der Waals surface area (Å²) in [6.07, 6.45) is 9.95. The lowest BCUT2D eigenvalue weighted by Crippen LogP contribution is -2.40. The van der Waals surface area contributed by atoms with E-state index in [1.807, 2.05) is 78.4 Å². The van der Waals surface area contributed by atoms with E-state index in [1.54, 1.807) is 4.57 Å². The molecule has 0 bridgehead atoms. The van der Waals surface area contributed by atoms with Crippen LogP contribution in [0.5, 0.6) is 0 Å². The highest BCUT2D eigenvalue weighted by Gasteiger charge is 2.33. The summed E-state index contributed by atoms with van der Waals surface area (Å²) in [7, 11) is 1.35. The summed E-state index contributed by atoms with van der Waals surface area (Å²) in [4.78, 5) is 31.9. The average molecular weight is 482 g/mol. The van der Waals surface area contributed by atoms with Crippen molar-refractivity contribution in [2.24, 2.45) is 4.99 Å². The van der Waals surface area contributed by atoms with Crippen LogP contribution in [0.2, 0.25) is 0 Å². The number of thiazole rings is 1. The van der Waals surface area contributed by atoms with Crippen molar-refractivity contribution in [2.45, 2.75) is 25.9 Å². The number of terminal acetylenes is 1. The molecule has 4 aromatic rings. The largest absolute Gasteiger partial charge is 0.466 e. The van der Waals surface area contributed by atoms with Crippen molar-refractivity contribution in [3.05, 3.63) is 103 Å². The smallest absolute Gasteiger partial charge is 0.338 e. The number of benzene rings is 2. The molecule has 1 atom stereocenters.